The van der Waals surface area contributed by atoms with Gasteiger partial charge in [0, 0.05) is 39.0 Å². The van der Waals surface area contributed by atoms with Crippen LogP contribution in [0.25, 0.3) is 44.3 Å². The van der Waals surface area contributed by atoms with Gasteiger partial charge in [0.1, 0.15) is 0 Å². The fraction of sp³-hybridized carbons (Fsp3) is 0.0893. The fourth-order valence-corrected chi connectivity index (χ4v) is 11.2. The second-order valence-corrected chi connectivity index (χ2v) is 17.0. The lowest BCUT2D eigenvalue weighted by Gasteiger charge is -2.40. The molecule has 1 spiro atoms. The first-order valence-electron chi connectivity index (χ1n) is 20.8. The first-order chi connectivity index (χ1) is 29.7. The minimum atomic E-state index is -0.526. The summed E-state index contributed by atoms with van der Waals surface area (Å²) in [5, 5.41) is 9.07. The number of thioether (sulfide) groups is 1. The van der Waals surface area contributed by atoms with Crippen molar-refractivity contribution < 1.29 is 0 Å². The lowest BCUT2D eigenvalue weighted by atomic mass is 9.66. The molecule has 1 fully saturated rings. The topological polar surface area (TPSA) is 37.0 Å². The molecule has 11 rings (SSSR count). The Hall–Kier alpha value is -6.56. The molecule has 0 amide bonds. The van der Waals surface area contributed by atoms with Gasteiger partial charge in [-0.05, 0) is 79.8 Å². The highest BCUT2D eigenvalue weighted by Crippen LogP contribution is 2.62. The molecule has 1 saturated heterocycles. The van der Waals surface area contributed by atoms with Crippen LogP contribution in [0, 0.1) is 0 Å². The minimum absolute atomic E-state index is 0.0159. The number of benzene rings is 7. The van der Waals surface area contributed by atoms with Crippen molar-refractivity contribution >= 4 is 22.7 Å². The monoisotopic (exact) mass is 789 g/mol. The molecule has 3 atom stereocenters. The molecule has 288 valence electrons. The van der Waals surface area contributed by atoms with Crippen LogP contribution in [0.15, 0.2) is 228 Å². The zero-order valence-corrected chi connectivity index (χ0v) is 33.9. The number of nitrogens with one attached hydrogen (secondary N) is 2. The molecule has 2 aliphatic heterocycles. The van der Waals surface area contributed by atoms with Gasteiger partial charge in [0.05, 0.1) is 17.1 Å². The SMILES string of the molecule is C=CC1=C(/C=C/C2CC(c3ccc(-c4ccccc4)cc3)NC(c3ccccc3)N2)Sc2cc(-c3cccc4cccnc34)ccc2C12c1ccccc1-c1ccccc12. The number of hydrogen-bond acceptors (Lipinski definition) is 4. The Balaban J connectivity index is 1.03. The van der Waals surface area contributed by atoms with E-state index in [0.29, 0.717) is 0 Å². The maximum Gasteiger partial charge on any atom is 0.0844 e. The molecular weight excluding hydrogens is 747 g/mol. The molecule has 3 aliphatic rings. The number of nitrogens with zero attached hydrogens (tertiary/aromatic N) is 1. The predicted molar refractivity (Wildman–Crippen MR) is 250 cm³/mol. The van der Waals surface area contributed by atoms with E-state index in [9.17, 15) is 0 Å². The molecule has 1 aromatic heterocycles. The summed E-state index contributed by atoms with van der Waals surface area (Å²) in [6.45, 7) is 4.56. The van der Waals surface area contributed by atoms with E-state index in [2.05, 4.69) is 211 Å². The number of para-hydroxylation sites is 1. The van der Waals surface area contributed by atoms with Crippen molar-refractivity contribution in [1.82, 2.24) is 15.6 Å². The van der Waals surface area contributed by atoms with Gasteiger partial charge in [0.25, 0.3) is 0 Å². The highest BCUT2D eigenvalue weighted by molar-refractivity contribution is 8.03. The van der Waals surface area contributed by atoms with E-state index in [1.807, 2.05) is 24.0 Å². The van der Waals surface area contributed by atoms with Crippen LogP contribution in [0.1, 0.15) is 46.4 Å². The van der Waals surface area contributed by atoms with E-state index in [4.69, 9.17) is 4.98 Å². The van der Waals surface area contributed by atoms with E-state index in [-0.39, 0.29) is 18.2 Å². The number of rotatable bonds is 7. The van der Waals surface area contributed by atoms with E-state index in [1.165, 1.54) is 65.4 Å². The lowest BCUT2D eigenvalue weighted by molar-refractivity contribution is 0.272. The average Bonchev–Trinajstić information content (AvgIpc) is 3.61. The van der Waals surface area contributed by atoms with Gasteiger partial charge in [-0.1, -0.05) is 206 Å². The Kier molecular flexibility index (Phi) is 9.27. The van der Waals surface area contributed by atoms with E-state index in [0.717, 1.165) is 28.5 Å². The van der Waals surface area contributed by atoms with Crippen LogP contribution < -0.4 is 10.6 Å². The summed E-state index contributed by atoms with van der Waals surface area (Å²) < 4.78 is 0. The number of allylic oxidation sites excluding steroid dienone is 3. The molecule has 7 aromatic carbocycles. The lowest BCUT2D eigenvalue weighted by Crippen LogP contribution is -2.48. The Labute approximate surface area is 356 Å². The average molecular weight is 790 g/mol. The third kappa shape index (κ3) is 6.10. The van der Waals surface area contributed by atoms with Gasteiger partial charge in [-0.2, -0.15) is 0 Å². The molecule has 1 aliphatic carbocycles. The molecule has 3 nitrogen and oxygen atoms in total. The van der Waals surface area contributed by atoms with Crippen molar-refractivity contribution in [3.63, 3.8) is 0 Å². The molecule has 3 heterocycles. The van der Waals surface area contributed by atoms with Gasteiger partial charge in [0.2, 0.25) is 0 Å². The van der Waals surface area contributed by atoms with Crippen LogP contribution in [-0.4, -0.2) is 11.0 Å². The highest BCUT2D eigenvalue weighted by Gasteiger charge is 2.50. The van der Waals surface area contributed by atoms with Gasteiger partial charge in [-0.3, -0.25) is 15.6 Å². The summed E-state index contributed by atoms with van der Waals surface area (Å²) in [5.41, 5.74) is 15.4. The Bertz CT molecular complexity index is 2920. The molecule has 0 bridgehead atoms. The molecule has 3 unspecified atom stereocenters. The van der Waals surface area contributed by atoms with Crippen molar-refractivity contribution in [2.24, 2.45) is 0 Å². The summed E-state index contributed by atoms with van der Waals surface area (Å²) in [6.07, 6.45) is 9.68. The van der Waals surface area contributed by atoms with Crippen LogP contribution >= 0.6 is 11.8 Å². The normalized spacial score (nSPS) is 19.0. The summed E-state index contributed by atoms with van der Waals surface area (Å²) in [5.74, 6) is 0. The standard InChI is InChI=1S/C56H43N3S/c1-2-47-52(33-31-43-36-51(59-55(58-43)41-17-7-4-8-18-41)39-28-26-38(27-29-39)37-15-5-3-6-16-37)60-53-35-42(44-23-13-19-40-20-14-34-57-54(40)44)30-32-50(53)56(47)48-24-11-9-21-45(48)46-22-10-12-25-49(46)56/h2-35,43,51,55,58-59H,1,36H2/b33-31+. The van der Waals surface area contributed by atoms with Crippen LogP contribution in [0.4, 0.5) is 0 Å². The predicted octanol–water partition coefficient (Wildman–Crippen LogP) is 13.4. The fourth-order valence-electron chi connectivity index (χ4n) is 9.92. The largest absolute Gasteiger partial charge is 0.292 e. The summed E-state index contributed by atoms with van der Waals surface area (Å²) in [6, 6.07) is 66.4. The van der Waals surface area contributed by atoms with Crippen LogP contribution in [0.3, 0.4) is 0 Å². The quantitative estimate of drug-likeness (QED) is 0.169. The summed E-state index contributed by atoms with van der Waals surface area (Å²) in [4.78, 5) is 7.29. The zero-order valence-electron chi connectivity index (χ0n) is 33.1. The number of hydrogen-bond donors (Lipinski definition) is 2. The molecule has 0 radical (unpaired) electrons. The van der Waals surface area contributed by atoms with Crippen LogP contribution in [0.2, 0.25) is 0 Å². The molecule has 4 heteroatoms. The zero-order chi connectivity index (χ0) is 40.0. The van der Waals surface area contributed by atoms with Gasteiger partial charge in [-0.25, -0.2) is 0 Å². The second kappa shape index (κ2) is 15.2. The molecular formula is C56H43N3S. The molecule has 2 N–H and O–H groups in total. The maximum atomic E-state index is 4.84. The van der Waals surface area contributed by atoms with Crippen molar-refractivity contribution in [3.8, 4) is 33.4 Å². The molecule has 0 saturated carbocycles. The second-order valence-electron chi connectivity index (χ2n) is 15.9. The first-order valence-corrected chi connectivity index (χ1v) is 21.6. The molecule has 60 heavy (non-hydrogen) atoms. The van der Waals surface area contributed by atoms with Crippen molar-refractivity contribution in [1.29, 1.82) is 0 Å². The third-order valence-corrected chi connectivity index (χ3v) is 13.8. The number of aromatic nitrogens is 1. The van der Waals surface area contributed by atoms with Crippen LogP contribution in [0.5, 0.6) is 0 Å². The maximum absolute atomic E-state index is 4.84. The number of pyridine rings is 1. The summed E-state index contributed by atoms with van der Waals surface area (Å²) in [7, 11) is 0. The Morgan fingerprint density at radius 3 is 1.98 bits per heavy atom. The van der Waals surface area contributed by atoms with Gasteiger partial charge >= 0.3 is 0 Å². The Morgan fingerprint density at radius 2 is 1.23 bits per heavy atom. The molecule has 8 aromatic rings. The first kappa shape index (κ1) is 36.5. The Morgan fingerprint density at radius 1 is 0.583 bits per heavy atom. The van der Waals surface area contributed by atoms with Crippen LogP contribution in [-0.2, 0) is 5.41 Å². The van der Waals surface area contributed by atoms with E-state index in [1.54, 1.807) is 0 Å². The van der Waals surface area contributed by atoms with Crippen molar-refractivity contribution in [3.05, 3.63) is 251 Å². The van der Waals surface area contributed by atoms with E-state index >= 15 is 0 Å². The van der Waals surface area contributed by atoms with E-state index < -0.39 is 5.41 Å². The van der Waals surface area contributed by atoms with Gasteiger partial charge in [-0.15, -0.1) is 0 Å². The summed E-state index contributed by atoms with van der Waals surface area (Å²) >= 11 is 1.85. The minimum Gasteiger partial charge on any atom is -0.292 e. The number of fused-ring (bicyclic) bond motifs is 8. The van der Waals surface area contributed by atoms with Crippen molar-refractivity contribution in [2.45, 2.75) is 35.0 Å². The smallest absolute Gasteiger partial charge is 0.0844 e. The highest BCUT2D eigenvalue weighted by atomic mass is 32.2. The van der Waals surface area contributed by atoms with Gasteiger partial charge in [0.15, 0.2) is 0 Å². The van der Waals surface area contributed by atoms with Crippen molar-refractivity contribution in [2.75, 3.05) is 0 Å². The van der Waals surface area contributed by atoms with Gasteiger partial charge < -0.3 is 0 Å². The third-order valence-electron chi connectivity index (χ3n) is 12.6.